The molecule has 3 aliphatic rings. The minimum Gasteiger partial charge on any atom is -0.376 e. The molecule has 0 aromatic rings. The molecule has 0 aromatic heterocycles. The van der Waals surface area contributed by atoms with Crippen molar-refractivity contribution >= 4 is 23.6 Å². The van der Waals surface area contributed by atoms with E-state index in [1.54, 1.807) is 16.7 Å². The van der Waals surface area contributed by atoms with Gasteiger partial charge in [-0.25, -0.2) is 0 Å². The molecule has 6 unspecified atom stereocenters. The molecule has 46 heavy (non-hydrogen) atoms. The number of carbonyl (C=O) groups is 4. The minimum absolute atomic E-state index is 0.215. The van der Waals surface area contributed by atoms with Crippen molar-refractivity contribution in [3.8, 4) is 0 Å². The van der Waals surface area contributed by atoms with Gasteiger partial charge in [0.05, 0.1) is 12.2 Å². The van der Waals surface area contributed by atoms with Crippen LogP contribution < -0.4 is 16.8 Å². The molecule has 0 saturated carbocycles. The normalized spacial score (nSPS) is 33.5. The monoisotopic (exact) mass is 649 g/mol. The molecule has 264 valence electrons. The molecule has 0 aromatic carbocycles. The van der Waals surface area contributed by atoms with Gasteiger partial charge in [-0.2, -0.15) is 0 Å². The molecule has 3 aliphatic heterocycles. The molecule has 3 heterocycles. The molecule has 4 amide bonds. The van der Waals surface area contributed by atoms with Crippen LogP contribution in [-0.2, 0) is 28.7 Å². The summed E-state index contributed by atoms with van der Waals surface area (Å²) in [5.74, 6) is -1.66. The lowest BCUT2D eigenvalue weighted by atomic mass is 9.70. The second-order valence-corrected chi connectivity index (χ2v) is 15.6. The van der Waals surface area contributed by atoms with E-state index in [1.807, 2.05) is 6.92 Å². The summed E-state index contributed by atoms with van der Waals surface area (Å²) >= 11 is 0. The molecule has 3 rings (SSSR count). The lowest BCUT2D eigenvalue weighted by Gasteiger charge is -2.35. The van der Waals surface area contributed by atoms with E-state index in [0.717, 1.165) is 57.8 Å². The van der Waals surface area contributed by atoms with Crippen LogP contribution in [0.1, 0.15) is 125 Å². The molecule has 0 aliphatic carbocycles. The molecule has 11 nitrogen and oxygen atoms in total. The number of amides is 4. The second-order valence-electron chi connectivity index (χ2n) is 15.6. The SMILES string of the molecule is CC1OCCCCC(C)(C)CC(C)(C)CCCCCCOC(C)C(C(N)=O)NC(=O)C2CCCN2C(=O)C2CCCN2C(=O)C1N. The van der Waals surface area contributed by atoms with Gasteiger partial charge in [-0.15, -0.1) is 0 Å². The average Bonchev–Trinajstić information content (AvgIpc) is 3.67. The van der Waals surface area contributed by atoms with Crippen molar-refractivity contribution < 1.29 is 28.7 Å². The van der Waals surface area contributed by atoms with E-state index in [4.69, 9.17) is 20.9 Å². The van der Waals surface area contributed by atoms with Crippen LogP contribution >= 0.6 is 0 Å². The standard InChI is InChI=1S/C35H63N5O6/c1-24-28(36)33(44)40-20-14-16-27(40)32(43)39-19-13-15-26(39)31(42)38-29(30(37)41)25(2)46-21-11-8-7-9-17-34(3,4)23-35(5,6)18-10-12-22-45-24/h24-29H,7-23,36H2,1-6H3,(H2,37,41)(H,38,42). The van der Waals surface area contributed by atoms with Crippen molar-refractivity contribution in [2.75, 3.05) is 26.3 Å². The van der Waals surface area contributed by atoms with Gasteiger partial charge in [0.25, 0.3) is 0 Å². The maximum Gasteiger partial charge on any atom is 0.246 e. The Morgan fingerprint density at radius 3 is 1.85 bits per heavy atom. The van der Waals surface area contributed by atoms with E-state index < -0.39 is 48.2 Å². The number of ether oxygens (including phenoxy) is 2. The molecule has 0 radical (unpaired) electrons. The van der Waals surface area contributed by atoms with Crippen molar-refractivity contribution in [3.05, 3.63) is 0 Å². The highest BCUT2D eigenvalue weighted by molar-refractivity contribution is 5.95. The number of fused-ring (bicyclic) bond motifs is 2. The largest absolute Gasteiger partial charge is 0.376 e. The first-order valence-corrected chi connectivity index (χ1v) is 17.8. The van der Waals surface area contributed by atoms with Gasteiger partial charge in [0.2, 0.25) is 23.6 Å². The topological polar surface area (TPSA) is 157 Å². The number of nitrogens with zero attached hydrogens (tertiary/aromatic N) is 2. The van der Waals surface area contributed by atoms with Gasteiger partial charge in [-0.1, -0.05) is 53.4 Å². The van der Waals surface area contributed by atoms with E-state index in [0.29, 0.717) is 52.0 Å². The summed E-state index contributed by atoms with van der Waals surface area (Å²) in [6.45, 7) is 14.8. The highest BCUT2D eigenvalue weighted by Gasteiger charge is 2.44. The number of hydrogen-bond donors (Lipinski definition) is 3. The number of hydrogen-bond acceptors (Lipinski definition) is 7. The number of rotatable bonds is 1. The third kappa shape index (κ3) is 10.9. The van der Waals surface area contributed by atoms with Crippen molar-refractivity contribution in [3.63, 3.8) is 0 Å². The lowest BCUT2D eigenvalue weighted by molar-refractivity contribution is -0.148. The summed E-state index contributed by atoms with van der Waals surface area (Å²) in [4.78, 5) is 56.3. The van der Waals surface area contributed by atoms with Gasteiger partial charge in [-0.05, 0) is 82.5 Å². The first-order valence-electron chi connectivity index (χ1n) is 17.8. The van der Waals surface area contributed by atoms with Crippen LogP contribution in [-0.4, -0.2) is 96.1 Å². The highest BCUT2D eigenvalue weighted by Crippen LogP contribution is 2.40. The summed E-state index contributed by atoms with van der Waals surface area (Å²) in [5, 5.41) is 2.77. The Labute approximate surface area is 277 Å². The fraction of sp³-hybridized carbons (Fsp3) is 0.886. The van der Waals surface area contributed by atoms with Crippen molar-refractivity contribution in [1.29, 1.82) is 0 Å². The number of primary amides is 1. The minimum atomic E-state index is -1.01. The van der Waals surface area contributed by atoms with E-state index in [-0.39, 0.29) is 22.6 Å². The Hall–Kier alpha value is -2.24. The van der Waals surface area contributed by atoms with Crippen LogP contribution in [0.4, 0.5) is 0 Å². The van der Waals surface area contributed by atoms with E-state index in [2.05, 4.69) is 33.0 Å². The molecular formula is C35H63N5O6. The molecule has 5 N–H and O–H groups in total. The third-order valence-electron chi connectivity index (χ3n) is 10.2. The van der Waals surface area contributed by atoms with Crippen LogP contribution in [0, 0.1) is 10.8 Å². The smallest absolute Gasteiger partial charge is 0.246 e. The molecule has 11 heteroatoms. The van der Waals surface area contributed by atoms with Crippen LogP contribution in [0.3, 0.4) is 0 Å². The van der Waals surface area contributed by atoms with Crippen LogP contribution in [0.2, 0.25) is 0 Å². The van der Waals surface area contributed by atoms with Crippen molar-refractivity contribution in [2.24, 2.45) is 22.3 Å². The Balaban J connectivity index is 1.73. The zero-order chi connectivity index (χ0) is 34.1. The fourth-order valence-electron chi connectivity index (χ4n) is 7.82. The zero-order valence-corrected chi connectivity index (χ0v) is 29.5. The molecular weight excluding hydrogens is 586 g/mol. The maximum atomic E-state index is 13.8. The summed E-state index contributed by atoms with van der Waals surface area (Å²) in [6.07, 6.45) is 10.7. The second kappa shape index (κ2) is 17.2. The lowest BCUT2D eigenvalue weighted by Crippen LogP contribution is -2.59. The molecule has 3 saturated heterocycles. The van der Waals surface area contributed by atoms with E-state index in [1.165, 1.54) is 0 Å². The fourth-order valence-corrected chi connectivity index (χ4v) is 7.82. The van der Waals surface area contributed by atoms with Crippen molar-refractivity contribution in [2.45, 2.75) is 161 Å². The van der Waals surface area contributed by atoms with Gasteiger partial charge >= 0.3 is 0 Å². The average molecular weight is 650 g/mol. The zero-order valence-electron chi connectivity index (χ0n) is 29.5. The predicted molar refractivity (Wildman–Crippen MR) is 179 cm³/mol. The Morgan fingerprint density at radius 1 is 0.739 bits per heavy atom. The number of nitrogens with one attached hydrogen (secondary N) is 1. The van der Waals surface area contributed by atoms with Gasteiger partial charge in [-0.3, -0.25) is 19.2 Å². The number of carbonyl (C=O) groups excluding carboxylic acids is 4. The summed E-state index contributed by atoms with van der Waals surface area (Å²) in [6, 6.07) is -3.32. The van der Waals surface area contributed by atoms with Crippen molar-refractivity contribution in [1.82, 2.24) is 15.1 Å². The van der Waals surface area contributed by atoms with Gasteiger partial charge in [0.15, 0.2) is 0 Å². The van der Waals surface area contributed by atoms with Gasteiger partial charge in [0, 0.05) is 26.3 Å². The summed E-state index contributed by atoms with van der Waals surface area (Å²) < 4.78 is 12.0. The molecule has 0 spiro atoms. The Bertz CT molecular complexity index is 1030. The van der Waals surface area contributed by atoms with Gasteiger partial charge < -0.3 is 36.1 Å². The molecule has 3 fully saturated rings. The van der Waals surface area contributed by atoms with Gasteiger partial charge in [0.1, 0.15) is 24.2 Å². The quantitative estimate of drug-likeness (QED) is 0.391. The third-order valence-corrected chi connectivity index (χ3v) is 10.2. The Morgan fingerprint density at radius 2 is 1.24 bits per heavy atom. The Kier molecular flexibility index (Phi) is 14.3. The maximum absolute atomic E-state index is 13.8. The van der Waals surface area contributed by atoms with Crippen LogP contribution in [0.25, 0.3) is 0 Å². The predicted octanol–water partition coefficient (Wildman–Crippen LogP) is 3.65. The van der Waals surface area contributed by atoms with Crippen LogP contribution in [0.5, 0.6) is 0 Å². The van der Waals surface area contributed by atoms with E-state index >= 15 is 0 Å². The highest BCUT2D eigenvalue weighted by atomic mass is 16.5. The summed E-state index contributed by atoms with van der Waals surface area (Å²) in [7, 11) is 0. The van der Waals surface area contributed by atoms with E-state index in [9.17, 15) is 19.2 Å². The number of nitrogens with two attached hydrogens (primary N) is 2. The molecule has 6 atom stereocenters. The first-order chi connectivity index (χ1) is 21.6. The summed E-state index contributed by atoms with van der Waals surface area (Å²) in [5.41, 5.74) is 12.6. The van der Waals surface area contributed by atoms with Crippen LogP contribution in [0.15, 0.2) is 0 Å². The molecule has 0 bridgehead atoms. The first kappa shape index (κ1) is 38.2.